The molecule has 7 heteroatoms. The molecule has 0 aromatic heterocycles. The number of halogens is 1. The van der Waals surface area contributed by atoms with Crippen molar-refractivity contribution in [2.45, 2.75) is 18.7 Å². The molecule has 100 valence electrons. The monoisotopic (exact) mass is 350 g/mol. The van der Waals surface area contributed by atoms with E-state index in [0.717, 1.165) is 10.0 Å². The Bertz CT molecular complexity index is 546. The number of rotatable bonds is 5. The molecule has 1 unspecified atom stereocenters. The van der Waals surface area contributed by atoms with Crippen LogP contribution in [0.1, 0.15) is 12.5 Å². The maximum absolute atomic E-state index is 12.1. The van der Waals surface area contributed by atoms with Crippen LogP contribution in [-0.4, -0.2) is 30.0 Å². The molecular formula is C11H15BrN2O2S2. The van der Waals surface area contributed by atoms with Gasteiger partial charge in [-0.3, -0.25) is 0 Å². The minimum Gasteiger partial charge on any atom is -0.392 e. The molecule has 0 heterocycles. The van der Waals surface area contributed by atoms with Gasteiger partial charge in [0.2, 0.25) is 10.0 Å². The average Bonchev–Trinajstić information content (AvgIpc) is 2.27. The summed E-state index contributed by atoms with van der Waals surface area (Å²) in [4.78, 5) is -0.0175. The zero-order valence-corrected chi connectivity index (χ0v) is 13.3. The van der Waals surface area contributed by atoms with Crippen LogP contribution in [0.15, 0.2) is 28.7 Å². The van der Waals surface area contributed by atoms with Gasteiger partial charge in [0.05, 0.1) is 4.99 Å². The Morgan fingerprint density at radius 1 is 1.56 bits per heavy atom. The Balaban J connectivity index is 2.89. The van der Waals surface area contributed by atoms with E-state index in [2.05, 4.69) is 15.9 Å². The average molecular weight is 351 g/mol. The highest BCUT2D eigenvalue weighted by molar-refractivity contribution is 9.10. The Hall–Kier alpha value is -0.500. The number of hydrogen-bond donors (Lipinski definition) is 1. The van der Waals surface area contributed by atoms with Crippen LogP contribution in [0, 0.1) is 0 Å². The fraction of sp³-hybridized carbons (Fsp3) is 0.364. The first-order valence-electron chi connectivity index (χ1n) is 5.24. The summed E-state index contributed by atoms with van der Waals surface area (Å²) in [6, 6.07) is 7.48. The van der Waals surface area contributed by atoms with E-state index in [1.54, 1.807) is 0 Å². The van der Waals surface area contributed by atoms with Crippen LogP contribution in [0.4, 0.5) is 0 Å². The number of sulfonamides is 1. The van der Waals surface area contributed by atoms with Gasteiger partial charge in [-0.1, -0.05) is 40.3 Å². The highest BCUT2D eigenvalue weighted by Crippen LogP contribution is 2.16. The summed E-state index contributed by atoms with van der Waals surface area (Å²) in [6.07, 6.45) is 0. The lowest BCUT2D eigenvalue weighted by atomic mass is 10.2. The maximum Gasteiger partial charge on any atom is 0.223 e. The fourth-order valence-corrected chi connectivity index (χ4v) is 3.37. The van der Waals surface area contributed by atoms with Gasteiger partial charge in [-0.05, 0) is 24.6 Å². The Morgan fingerprint density at radius 3 is 2.67 bits per heavy atom. The third kappa shape index (κ3) is 3.74. The van der Waals surface area contributed by atoms with Crippen molar-refractivity contribution in [3.8, 4) is 0 Å². The minimum absolute atomic E-state index is 0.0175. The van der Waals surface area contributed by atoms with Crippen molar-refractivity contribution < 1.29 is 8.42 Å². The van der Waals surface area contributed by atoms with Gasteiger partial charge in [0, 0.05) is 18.1 Å². The number of hydrogen-bond acceptors (Lipinski definition) is 3. The number of thiocarbonyl (C=S) groups is 1. The summed E-state index contributed by atoms with van der Waals surface area (Å²) >= 11 is 8.08. The lowest BCUT2D eigenvalue weighted by Crippen LogP contribution is -2.40. The molecule has 4 nitrogen and oxygen atoms in total. The van der Waals surface area contributed by atoms with E-state index in [-0.39, 0.29) is 11.5 Å². The molecule has 0 radical (unpaired) electrons. The SMILES string of the molecule is CC(C(N)=S)S(=O)(=O)N(C)Cc1cccc(Br)c1. The Labute approximate surface area is 121 Å². The summed E-state index contributed by atoms with van der Waals surface area (Å²) in [5.74, 6) is 0. The first-order chi connectivity index (χ1) is 8.25. The van der Waals surface area contributed by atoms with Crippen LogP contribution in [-0.2, 0) is 16.6 Å². The number of benzene rings is 1. The minimum atomic E-state index is -3.50. The zero-order chi connectivity index (χ0) is 13.9. The van der Waals surface area contributed by atoms with Crippen LogP contribution in [0.2, 0.25) is 0 Å². The summed E-state index contributed by atoms with van der Waals surface area (Å²) in [5, 5.41) is -0.857. The second kappa shape index (κ2) is 6.10. The van der Waals surface area contributed by atoms with Gasteiger partial charge >= 0.3 is 0 Å². The molecule has 1 atom stereocenters. The molecule has 0 spiro atoms. The number of nitrogens with two attached hydrogens (primary N) is 1. The molecule has 0 aliphatic heterocycles. The summed E-state index contributed by atoms with van der Waals surface area (Å²) in [5.41, 5.74) is 6.29. The molecule has 0 saturated carbocycles. The van der Waals surface area contributed by atoms with Crippen molar-refractivity contribution in [1.29, 1.82) is 0 Å². The predicted molar refractivity (Wildman–Crippen MR) is 80.8 cm³/mol. The molecule has 0 bridgehead atoms. The topological polar surface area (TPSA) is 63.4 Å². The van der Waals surface area contributed by atoms with Gasteiger partial charge in [0.15, 0.2) is 0 Å². The van der Waals surface area contributed by atoms with Crippen LogP contribution in [0.3, 0.4) is 0 Å². The smallest absolute Gasteiger partial charge is 0.223 e. The van der Waals surface area contributed by atoms with Gasteiger partial charge in [0.25, 0.3) is 0 Å². The molecule has 18 heavy (non-hydrogen) atoms. The highest BCUT2D eigenvalue weighted by atomic mass is 79.9. The fourth-order valence-electron chi connectivity index (χ4n) is 1.40. The van der Waals surface area contributed by atoms with Gasteiger partial charge in [-0.2, -0.15) is 0 Å². The summed E-state index contributed by atoms with van der Waals surface area (Å²) < 4.78 is 26.4. The molecule has 0 amide bonds. The quantitative estimate of drug-likeness (QED) is 0.823. The zero-order valence-electron chi connectivity index (χ0n) is 10.1. The van der Waals surface area contributed by atoms with E-state index >= 15 is 0 Å². The van der Waals surface area contributed by atoms with Gasteiger partial charge in [0.1, 0.15) is 5.25 Å². The lowest BCUT2D eigenvalue weighted by Gasteiger charge is -2.21. The van der Waals surface area contributed by atoms with Crippen LogP contribution < -0.4 is 5.73 Å². The normalized spacial score (nSPS) is 13.6. The Kier molecular flexibility index (Phi) is 5.27. The summed E-state index contributed by atoms with van der Waals surface area (Å²) in [7, 11) is -1.98. The Morgan fingerprint density at radius 2 is 2.17 bits per heavy atom. The van der Waals surface area contributed by atoms with Crippen molar-refractivity contribution >= 4 is 43.2 Å². The van der Waals surface area contributed by atoms with E-state index in [1.807, 2.05) is 24.3 Å². The van der Waals surface area contributed by atoms with Gasteiger partial charge in [-0.15, -0.1) is 0 Å². The van der Waals surface area contributed by atoms with E-state index in [1.165, 1.54) is 18.3 Å². The first-order valence-corrected chi connectivity index (χ1v) is 7.94. The molecular weight excluding hydrogens is 336 g/mol. The third-order valence-electron chi connectivity index (χ3n) is 2.58. The molecule has 1 rings (SSSR count). The van der Waals surface area contributed by atoms with Crippen LogP contribution in [0.5, 0.6) is 0 Å². The predicted octanol–water partition coefficient (Wildman–Crippen LogP) is 1.89. The largest absolute Gasteiger partial charge is 0.392 e. The van der Waals surface area contributed by atoms with Crippen molar-refractivity contribution in [3.63, 3.8) is 0 Å². The van der Waals surface area contributed by atoms with E-state index in [0.29, 0.717) is 0 Å². The van der Waals surface area contributed by atoms with Gasteiger partial charge in [-0.25, -0.2) is 12.7 Å². The molecule has 0 aliphatic rings. The van der Waals surface area contributed by atoms with Crippen molar-refractivity contribution in [1.82, 2.24) is 4.31 Å². The molecule has 0 aliphatic carbocycles. The number of nitrogens with zero attached hydrogens (tertiary/aromatic N) is 1. The third-order valence-corrected chi connectivity index (χ3v) is 5.72. The van der Waals surface area contributed by atoms with Crippen LogP contribution in [0.25, 0.3) is 0 Å². The molecule has 1 aromatic rings. The second-order valence-electron chi connectivity index (χ2n) is 3.98. The molecule has 2 N–H and O–H groups in total. The second-order valence-corrected chi connectivity index (χ2v) is 7.72. The van der Waals surface area contributed by atoms with E-state index in [4.69, 9.17) is 18.0 Å². The van der Waals surface area contributed by atoms with E-state index in [9.17, 15) is 8.42 Å². The molecule has 1 aromatic carbocycles. The molecule has 0 saturated heterocycles. The first kappa shape index (κ1) is 15.6. The van der Waals surface area contributed by atoms with Gasteiger partial charge < -0.3 is 5.73 Å². The van der Waals surface area contributed by atoms with Crippen molar-refractivity contribution in [3.05, 3.63) is 34.3 Å². The highest BCUT2D eigenvalue weighted by Gasteiger charge is 2.27. The van der Waals surface area contributed by atoms with Crippen molar-refractivity contribution in [2.75, 3.05) is 7.05 Å². The lowest BCUT2D eigenvalue weighted by molar-refractivity contribution is 0.464. The summed E-state index contributed by atoms with van der Waals surface area (Å²) in [6.45, 7) is 1.78. The maximum atomic E-state index is 12.1. The van der Waals surface area contributed by atoms with Crippen molar-refractivity contribution in [2.24, 2.45) is 5.73 Å². The standard InChI is InChI=1S/C11H15BrN2O2S2/c1-8(11(13)17)18(15,16)14(2)7-9-4-3-5-10(12)6-9/h3-6,8H,7H2,1-2H3,(H2,13,17). The van der Waals surface area contributed by atoms with Crippen LogP contribution >= 0.6 is 28.1 Å². The van der Waals surface area contributed by atoms with E-state index < -0.39 is 15.3 Å². The molecule has 0 fully saturated rings.